The van der Waals surface area contributed by atoms with Crippen LogP contribution >= 0.6 is 0 Å². The van der Waals surface area contributed by atoms with Crippen molar-refractivity contribution in [3.8, 4) is 0 Å². The monoisotopic (exact) mass is 361 g/mol. The van der Waals surface area contributed by atoms with Crippen LogP contribution in [0.3, 0.4) is 0 Å². The first-order chi connectivity index (χ1) is 11.5. The fraction of sp³-hybridized carbons (Fsp3) is 0.615. The van der Waals surface area contributed by atoms with Gasteiger partial charge in [-0.05, 0) is 13.8 Å². The maximum absolute atomic E-state index is 12.2. The summed E-state index contributed by atoms with van der Waals surface area (Å²) in [5.74, 6) is -4.87. The molecular weight excluding hydrogens is 338 g/mol. The van der Waals surface area contributed by atoms with Gasteiger partial charge in [0, 0.05) is 0 Å². The number of carboxylic acids is 1. The average Bonchev–Trinajstić information content (AvgIpc) is 2.50. The standard InChI is InChI=1S/C13H23N5O7/c1-5(13(24)25)16-12(23)10(6(2)19)18-11(22)7(3-8(15)20)17-9(21)4-14/h5-7,10,19H,3-4,14H2,1-2H3,(H2,15,20)(H,16,23)(H,17,21)(H,18,22)(H,24,25). The van der Waals surface area contributed by atoms with Gasteiger partial charge in [0.15, 0.2) is 0 Å². The Morgan fingerprint density at radius 3 is 1.96 bits per heavy atom. The predicted octanol–water partition coefficient (Wildman–Crippen LogP) is -4.24. The number of hydrogen-bond acceptors (Lipinski definition) is 7. The summed E-state index contributed by atoms with van der Waals surface area (Å²) in [6, 6.07) is -4.18. The summed E-state index contributed by atoms with van der Waals surface area (Å²) in [5.41, 5.74) is 10.1. The lowest BCUT2D eigenvalue weighted by molar-refractivity contribution is -0.142. The summed E-state index contributed by atoms with van der Waals surface area (Å²) in [6.45, 7) is 1.94. The van der Waals surface area contributed by atoms with E-state index in [-0.39, 0.29) is 0 Å². The maximum atomic E-state index is 12.2. The van der Waals surface area contributed by atoms with E-state index in [1.54, 1.807) is 0 Å². The minimum atomic E-state index is -1.51. The van der Waals surface area contributed by atoms with E-state index in [0.29, 0.717) is 0 Å². The Balaban J connectivity index is 5.14. The highest BCUT2D eigenvalue weighted by molar-refractivity contribution is 5.95. The van der Waals surface area contributed by atoms with E-state index in [9.17, 15) is 29.1 Å². The Bertz CT molecular complexity index is 537. The van der Waals surface area contributed by atoms with Crippen molar-refractivity contribution in [3.63, 3.8) is 0 Å². The third-order valence-electron chi connectivity index (χ3n) is 3.03. The molecule has 0 aliphatic rings. The van der Waals surface area contributed by atoms with E-state index in [4.69, 9.17) is 16.6 Å². The molecule has 0 aromatic heterocycles. The molecule has 12 nitrogen and oxygen atoms in total. The second-order valence-corrected chi connectivity index (χ2v) is 5.29. The molecule has 0 bridgehead atoms. The molecule has 0 radical (unpaired) electrons. The topological polar surface area (TPSA) is 214 Å². The molecule has 0 spiro atoms. The molecule has 0 fully saturated rings. The highest BCUT2D eigenvalue weighted by Crippen LogP contribution is 1.99. The molecule has 0 heterocycles. The predicted molar refractivity (Wildman–Crippen MR) is 83.6 cm³/mol. The van der Waals surface area contributed by atoms with Crippen LogP contribution in [-0.2, 0) is 24.0 Å². The third kappa shape index (κ3) is 8.08. The quantitative estimate of drug-likeness (QED) is 0.202. The van der Waals surface area contributed by atoms with Gasteiger partial charge in [0.1, 0.15) is 18.1 Å². The van der Waals surface area contributed by atoms with Crippen LogP contribution in [0.2, 0.25) is 0 Å². The number of carbonyl (C=O) groups is 5. The Morgan fingerprint density at radius 1 is 1.00 bits per heavy atom. The number of amides is 4. The van der Waals surface area contributed by atoms with Crippen LogP contribution in [-0.4, -0.2) is 70.6 Å². The number of hydrogen-bond donors (Lipinski definition) is 7. The van der Waals surface area contributed by atoms with Crippen molar-refractivity contribution < 1.29 is 34.2 Å². The lowest BCUT2D eigenvalue weighted by Gasteiger charge is -2.24. The number of aliphatic hydroxyl groups excluding tert-OH is 1. The van der Waals surface area contributed by atoms with E-state index in [1.165, 1.54) is 13.8 Å². The van der Waals surface area contributed by atoms with Crippen molar-refractivity contribution in [2.45, 2.75) is 44.5 Å². The van der Waals surface area contributed by atoms with Crippen LogP contribution in [0.25, 0.3) is 0 Å². The van der Waals surface area contributed by atoms with Crippen molar-refractivity contribution in [3.05, 3.63) is 0 Å². The maximum Gasteiger partial charge on any atom is 0.325 e. The summed E-state index contributed by atoms with van der Waals surface area (Å²) in [7, 11) is 0. The first kappa shape index (κ1) is 22.3. The van der Waals surface area contributed by atoms with Crippen LogP contribution in [0.4, 0.5) is 0 Å². The first-order valence-electron chi connectivity index (χ1n) is 7.28. The summed E-state index contributed by atoms with van der Waals surface area (Å²) >= 11 is 0. The average molecular weight is 361 g/mol. The zero-order valence-electron chi connectivity index (χ0n) is 13.8. The van der Waals surface area contributed by atoms with E-state index in [0.717, 1.165) is 0 Å². The van der Waals surface area contributed by atoms with Crippen molar-refractivity contribution >= 4 is 29.6 Å². The number of nitrogens with two attached hydrogens (primary N) is 2. The number of aliphatic carboxylic acids is 1. The molecule has 9 N–H and O–H groups in total. The fourth-order valence-corrected chi connectivity index (χ4v) is 1.69. The number of primary amides is 1. The Morgan fingerprint density at radius 2 is 1.56 bits per heavy atom. The van der Waals surface area contributed by atoms with Crippen molar-refractivity contribution in [2.24, 2.45) is 11.5 Å². The number of carboxylic acid groups (broad SMARTS) is 1. The summed E-state index contributed by atoms with van der Waals surface area (Å²) in [5, 5.41) is 24.8. The minimum Gasteiger partial charge on any atom is -0.480 e. The molecule has 0 saturated carbocycles. The number of nitrogens with one attached hydrogen (secondary N) is 3. The molecule has 25 heavy (non-hydrogen) atoms. The van der Waals surface area contributed by atoms with Crippen LogP contribution in [0.5, 0.6) is 0 Å². The second kappa shape index (κ2) is 10.2. The smallest absolute Gasteiger partial charge is 0.325 e. The van der Waals surface area contributed by atoms with Gasteiger partial charge in [-0.3, -0.25) is 24.0 Å². The molecule has 0 aliphatic carbocycles. The van der Waals surface area contributed by atoms with Gasteiger partial charge < -0.3 is 37.6 Å². The van der Waals surface area contributed by atoms with Gasteiger partial charge in [-0.1, -0.05) is 0 Å². The molecule has 12 heteroatoms. The van der Waals surface area contributed by atoms with Gasteiger partial charge in [0.05, 0.1) is 19.1 Å². The molecule has 0 aliphatic heterocycles. The molecular formula is C13H23N5O7. The van der Waals surface area contributed by atoms with Gasteiger partial charge in [-0.25, -0.2) is 0 Å². The van der Waals surface area contributed by atoms with Crippen LogP contribution < -0.4 is 27.4 Å². The first-order valence-corrected chi connectivity index (χ1v) is 7.28. The zero-order chi connectivity index (χ0) is 19.7. The van der Waals surface area contributed by atoms with Gasteiger partial charge in [0.2, 0.25) is 23.6 Å². The van der Waals surface area contributed by atoms with Crippen molar-refractivity contribution in [1.82, 2.24) is 16.0 Å². The SMILES string of the molecule is CC(NC(=O)C(NC(=O)C(CC(N)=O)NC(=O)CN)C(C)O)C(=O)O. The molecule has 142 valence electrons. The van der Waals surface area contributed by atoms with Gasteiger partial charge >= 0.3 is 5.97 Å². The van der Waals surface area contributed by atoms with Crippen molar-refractivity contribution in [2.75, 3.05) is 6.54 Å². The van der Waals surface area contributed by atoms with Crippen LogP contribution in [0.15, 0.2) is 0 Å². The lowest BCUT2D eigenvalue weighted by atomic mass is 10.1. The molecule has 0 rings (SSSR count). The highest BCUT2D eigenvalue weighted by Gasteiger charge is 2.31. The summed E-state index contributed by atoms with van der Waals surface area (Å²) in [6.07, 6.45) is -1.94. The molecule has 4 atom stereocenters. The lowest BCUT2D eigenvalue weighted by Crippen LogP contribution is -2.59. The molecule has 4 unspecified atom stereocenters. The fourth-order valence-electron chi connectivity index (χ4n) is 1.69. The zero-order valence-corrected chi connectivity index (χ0v) is 13.8. The molecule has 4 amide bonds. The highest BCUT2D eigenvalue weighted by atomic mass is 16.4. The number of carbonyl (C=O) groups excluding carboxylic acids is 4. The Labute approximate surface area is 143 Å². The molecule has 0 saturated heterocycles. The van der Waals surface area contributed by atoms with Crippen LogP contribution in [0.1, 0.15) is 20.3 Å². The Hall–Kier alpha value is -2.73. The third-order valence-corrected chi connectivity index (χ3v) is 3.03. The minimum absolute atomic E-state index is 0.445. The summed E-state index contributed by atoms with van der Waals surface area (Å²) in [4.78, 5) is 57.3. The van der Waals surface area contributed by atoms with Crippen molar-refractivity contribution in [1.29, 1.82) is 0 Å². The van der Waals surface area contributed by atoms with E-state index in [1.807, 2.05) is 0 Å². The number of aliphatic hydroxyl groups is 1. The van der Waals surface area contributed by atoms with Gasteiger partial charge in [0.25, 0.3) is 0 Å². The summed E-state index contributed by atoms with van der Waals surface area (Å²) < 4.78 is 0. The molecule has 0 aromatic carbocycles. The second-order valence-electron chi connectivity index (χ2n) is 5.29. The van der Waals surface area contributed by atoms with E-state index >= 15 is 0 Å². The van der Waals surface area contributed by atoms with Gasteiger partial charge in [-0.2, -0.15) is 0 Å². The van der Waals surface area contributed by atoms with E-state index in [2.05, 4.69) is 16.0 Å². The normalized spacial score (nSPS) is 15.2. The Kier molecular flexibility index (Phi) is 9.09. The van der Waals surface area contributed by atoms with Gasteiger partial charge in [-0.15, -0.1) is 0 Å². The molecule has 0 aromatic rings. The largest absolute Gasteiger partial charge is 0.480 e. The number of rotatable bonds is 10. The van der Waals surface area contributed by atoms with E-state index < -0.39 is 66.8 Å². The van der Waals surface area contributed by atoms with Crippen LogP contribution in [0, 0.1) is 0 Å².